The van der Waals surface area contributed by atoms with Crippen molar-refractivity contribution in [1.29, 1.82) is 0 Å². The zero-order chi connectivity index (χ0) is 18.5. The van der Waals surface area contributed by atoms with Crippen LogP contribution in [-0.4, -0.2) is 36.2 Å². The van der Waals surface area contributed by atoms with Gasteiger partial charge < -0.3 is 19.5 Å². The Morgan fingerprint density at radius 2 is 1.96 bits per heavy atom. The fourth-order valence-electron chi connectivity index (χ4n) is 2.92. The molecule has 26 heavy (non-hydrogen) atoms. The minimum atomic E-state index is -0.765. The van der Waals surface area contributed by atoms with E-state index >= 15 is 0 Å². The Balaban J connectivity index is 1.57. The molecule has 0 saturated heterocycles. The van der Waals surface area contributed by atoms with Crippen LogP contribution < -0.4 is 14.8 Å². The molecule has 9 heteroatoms. The van der Waals surface area contributed by atoms with Gasteiger partial charge in [-0.25, -0.2) is 4.79 Å². The number of nitrogens with zero attached hydrogens (tertiary/aromatic N) is 1. The van der Waals surface area contributed by atoms with E-state index in [1.54, 1.807) is 0 Å². The highest BCUT2D eigenvalue weighted by Gasteiger charge is 2.22. The quantitative estimate of drug-likeness (QED) is 0.356. The summed E-state index contributed by atoms with van der Waals surface area (Å²) < 4.78 is 15.1. The Morgan fingerprint density at radius 3 is 2.65 bits per heavy atom. The van der Waals surface area contributed by atoms with E-state index in [4.69, 9.17) is 14.2 Å². The topological polar surface area (TPSA) is 117 Å². The Hall–Kier alpha value is -3.10. The number of esters is 1. The largest absolute Gasteiger partial charge is 0.454 e. The van der Waals surface area contributed by atoms with Gasteiger partial charge in [0.25, 0.3) is 11.6 Å². The summed E-state index contributed by atoms with van der Waals surface area (Å²) in [5.74, 6) is -0.481. The molecule has 1 N–H and O–H groups in total. The molecule has 2 aliphatic rings. The zero-order valence-electron chi connectivity index (χ0n) is 13.9. The van der Waals surface area contributed by atoms with E-state index in [-0.39, 0.29) is 42.3 Å². The van der Waals surface area contributed by atoms with Crippen molar-refractivity contribution < 1.29 is 28.7 Å². The number of carbonyl (C=O) groups excluding carboxylic acids is 2. The van der Waals surface area contributed by atoms with Crippen LogP contribution in [0.15, 0.2) is 18.2 Å². The van der Waals surface area contributed by atoms with Crippen molar-refractivity contribution in [2.45, 2.75) is 31.7 Å². The second kappa shape index (κ2) is 7.85. The number of rotatable bonds is 6. The number of nitrogens with one attached hydrogen (secondary N) is 1. The summed E-state index contributed by atoms with van der Waals surface area (Å²) >= 11 is 0. The first-order valence-electron chi connectivity index (χ1n) is 8.25. The van der Waals surface area contributed by atoms with Gasteiger partial charge >= 0.3 is 5.97 Å². The predicted octanol–water partition coefficient (Wildman–Crippen LogP) is 1.94. The standard InChI is InChI=1S/C17H18N2O7/c20-16(18-12-3-1-2-4-12)9-24-17(21)6-5-11-7-14-15(26-10-25-14)8-13(11)19(22)23/h5-8,12H,1-4,9-10H2,(H,18,20)/b6-5+. The third-order valence-corrected chi connectivity index (χ3v) is 4.18. The highest BCUT2D eigenvalue weighted by molar-refractivity contribution is 5.90. The Bertz CT molecular complexity index is 754. The van der Waals surface area contributed by atoms with Crippen molar-refractivity contribution in [3.63, 3.8) is 0 Å². The van der Waals surface area contributed by atoms with Crippen LogP contribution >= 0.6 is 0 Å². The van der Waals surface area contributed by atoms with Crippen molar-refractivity contribution >= 4 is 23.6 Å². The minimum Gasteiger partial charge on any atom is -0.454 e. The summed E-state index contributed by atoms with van der Waals surface area (Å²) in [6.45, 7) is -0.402. The van der Waals surface area contributed by atoms with Crippen molar-refractivity contribution in [1.82, 2.24) is 5.32 Å². The van der Waals surface area contributed by atoms with E-state index in [0.717, 1.165) is 31.8 Å². The second-order valence-electron chi connectivity index (χ2n) is 6.01. The van der Waals surface area contributed by atoms with Gasteiger partial charge in [-0.1, -0.05) is 12.8 Å². The number of ether oxygens (including phenoxy) is 3. The SMILES string of the molecule is O=C(COC(=O)/C=C/c1cc2c(cc1[N+](=O)[O-])OCO2)NC1CCCC1. The van der Waals surface area contributed by atoms with Crippen LogP contribution in [0.4, 0.5) is 5.69 Å². The molecule has 0 unspecified atom stereocenters. The van der Waals surface area contributed by atoms with Gasteiger partial charge in [0.1, 0.15) is 0 Å². The van der Waals surface area contributed by atoms with E-state index in [0.29, 0.717) is 5.75 Å². The molecule has 1 aromatic carbocycles. The molecule has 1 aliphatic heterocycles. The van der Waals surface area contributed by atoms with E-state index in [1.165, 1.54) is 18.2 Å². The van der Waals surface area contributed by atoms with Gasteiger partial charge in [-0.05, 0) is 25.0 Å². The first kappa shape index (κ1) is 17.7. The molecule has 9 nitrogen and oxygen atoms in total. The third-order valence-electron chi connectivity index (χ3n) is 4.18. The molecule has 0 aromatic heterocycles. The molecular weight excluding hydrogens is 344 g/mol. The van der Waals surface area contributed by atoms with Gasteiger partial charge in [-0.15, -0.1) is 0 Å². The number of hydrogen-bond acceptors (Lipinski definition) is 7. The van der Waals surface area contributed by atoms with Crippen LogP contribution in [0, 0.1) is 10.1 Å². The van der Waals surface area contributed by atoms with Gasteiger partial charge in [0.15, 0.2) is 18.1 Å². The molecule has 0 spiro atoms. The number of hydrogen-bond donors (Lipinski definition) is 1. The van der Waals surface area contributed by atoms with Gasteiger partial charge in [-0.3, -0.25) is 14.9 Å². The summed E-state index contributed by atoms with van der Waals surface area (Å²) in [4.78, 5) is 34.0. The van der Waals surface area contributed by atoms with E-state index in [9.17, 15) is 19.7 Å². The smallest absolute Gasteiger partial charge is 0.331 e. The number of amides is 1. The average Bonchev–Trinajstić information content (AvgIpc) is 3.28. The Kier molecular flexibility index (Phi) is 5.35. The van der Waals surface area contributed by atoms with Gasteiger partial charge in [0.05, 0.1) is 16.6 Å². The molecule has 138 valence electrons. The van der Waals surface area contributed by atoms with Crippen LogP contribution in [0.5, 0.6) is 11.5 Å². The fraction of sp³-hybridized carbons (Fsp3) is 0.412. The average molecular weight is 362 g/mol. The van der Waals surface area contributed by atoms with Crippen LogP contribution in [0.25, 0.3) is 6.08 Å². The number of fused-ring (bicyclic) bond motifs is 1. The highest BCUT2D eigenvalue weighted by Crippen LogP contribution is 2.38. The molecule has 1 aromatic rings. The zero-order valence-corrected chi connectivity index (χ0v) is 13.9. The van der Waals surface area contributed by atoms with E-state index in [1.807, 2.05) is 0 Å². The van der Waals surface area contributed by atoms with Crippen LogP contribution in [0.3, 0.4) is 0 Å². The molecule has 1 saturated carbocycles. The van der Waals surface area contributed by atoms with Crippen LogP contribution in [0.1, 0.15) is 31.2 Å². The summed E-state index contributed by atoms with van der Waals surface area (Å²) in [5.41, 5.74) is -0.0520. The third kappa shape index (κ3) is 4.29. The fourth-order valence-corrected chi connectivity index (χ4v) is 2.92. The maximum Gasteiger partial charge on any atom is 0.331 e. The molecule has 1 amide bonds. The van der Waals surface area contributed by atoms with Crippen molar-refractivity contribution in [3.8, 4) is 11.5 Å². The molecule has 0 bridgehead atoms. The molecule has 0 radical (unpaired) electrons. The molecule has 1 heterocycles. The molecule has 0 atom stereocenters. The number of nitro benzene ring substituents is 1. The Morgan fingerprint density at radius 1 is 1.27 bits per heavy atom. The summed E-state index contributed by atoms with van der Waals surface area (Å²) in [7, 11) is 0. The molecule has 1 fully saturated rings. The summed E-state index contributed by atoms with van der Waals surface area (Å²) in [5, 5.41) is 14.0. The monoisotopic (exact) mass is 362 g/mol. The van der Waals surface area contributed by atoms with E-state index in [2.05, 4.69) is 5.32 Å². The van der Waals surface area contributed by atoms with E-state index < -0.39 is 10.9 Å². The highest BCUT2D eigenvalue weighted by atomic mass is 16.7. The molecular formula is C17H18N2O7. The number of benzene rings is 1. The van der Waals surface area contributed by atoms with Crippen molar-refractivity contribution in [2.24, 2.45) is 0 Å². The lowest BCUT2D eigenvalue weighted by atomic mass is 10.1. The number of carbonyl (C=O) groups is 2. The maximum absolute atomic E-state index is 11.8. The van der Waals surface area contributed by atoms with Crippen LogP contribution in [0.2, 0.25) is 0 Å². The first-order valence-corrected chi connectivity index (χ1v) is 8.25. The lowest BCUT2D eigenvalue weighted by Gasteiger charge is -2.11. The normalized spacial score (nSPS) is 16.0. The lowest BCUT2D eigenvalue weighted by Crippen LogP contribution is -2.35. The summed E-state index contributed by atoms with van der Waals surface area (Å²) in [6.07, 6.45) is 6.33. The molecule has 3 rings (SSSR count). The predicted molar refractivity (Wildman–Crippen MR) is 89.6 cm³/mol. The lowest BCUT2D eigenvalue weighted by molar-refractivity contribution is -0.385. The first-order chi connectivity index (χ1) is 12.5. The van der Waals surface area contributed by atoms with Crippen molar-refractivity contribution in [2.75, 3.05) is 13.4 Å². The van der Waals surface area contributed by atoms with Gasteiger partial charge in [0, 0.05) is 12.1 Å². The van der Waals surface area contributed by atoms with Crippen LogP contribution in [-0.2, 0) is 14.3 Å². The van der Waals surface area contributed by atoms with Crippen molar-refractivity contribution in [3.05, 3.63) is 33.9 Å². The summed E-state index contributed by atoms with van der Waals surface area (Å²) in [6, 6.07) is 2.80. The van der Waals surface area contributed by atoms with Gasteiger partial charge in [0.2, 0.25) is 6.79 Å². The maximum atomic E-state index is 11.8. The van der Waals surface area contributed by atoms with Gasteiger partial charge in [-0.2, -0.15) is 0 Å². The minimum absolute atomic E-state index is 0.0161. The molecule has 1 aliphatic carbocycles. The number of nitro groups is 1. The Labute approximate surface area is 149 Å². The second-order valence-corrected chi connectivity index (χ2v) is 6.01.